The van der Waals surface area contributed by atoms with Crippen LogP contribution in [0.4, 0.5) is 5.69 Å². The van der Waals surface area contributed by atoms with E-state index in [1.165, 1.54) is 25.3 Å². The molecule has 0 saturated heterocycles. The number of carbonyl (C=O) groups excluding carboxylic acids is 1. The molecule has 0 spiro atoms. The largest absolute Gasteiger partial charge is 0.495 e. The van der Waals surface area contributed by atoms with Gasteiger partial charge in [-0.3, -0.25) is 14.9 Å². The molecule has 0 aliphatic heterocycles. The molecule has 0 saturated carbocycles. The summed E-state index contributed by atoms with van der Waals surface area (Å²) < 4.78 is 4.91. The Bertz CT molecular complexity index is 493. The number of nitrogen functional groups attached to an aromatic ring is 1. The van der Waals surface area contributed by atoms with Crippen molar-refractivity contribution in [1.29, 1.82) is 0 Å². The van der Waals surface area contributed by atoms with E-state index < -0.39 is 22.2 Å². The first-order valence-electron chi connectivity index (χ1n) is 4.83. The average molecular weight is 272 g/mol. The van der Waals surface area contributed by atoms with Crippen LogP contribution >= 0.6 is 12.6 Å². The van der Waals surface area contributed by atoms with Gasteiger partial charge in [-0.25, -0.2) is 0 Å². The summed E-state index contributed by atoms with van der Waals surface area (Å²) in [5.41, 5.74) is 3.46. The van der Waals surface area contributed by atoms with Crippen LogP contribution in [0.2, 0.25) is 0 Å². The second-order valence-electron chi connectivity index (χ2n) is 3.61. The van der Waals surface area contributed by atoms with Crippen LogP contribution in [0.25, 0.3) is 0 Å². The van der Waals surface area contributed by atoms with Gasteiger partial charge in [0.15, 0.2) is 0 Å². The number of ether oxygens (including phenoxy) is 1. The van der Waals surface area contributed by atoms with Gasteiger partial charge in [0, 0.05) is 10.5 Å². The third-order valence-corrected chi connectivity index (χ3v) is 2.79. The maximum absolute atomic E-state index is 11.3. The molecule has 0 bridgehead atoms. The predicted molar refractivity (Wildman–Crippen MR) is 67.2 cm³/mol. The van der Waals surface area contributed by atoms with Gasteiger partial charge in [0.2, 0.25) is 17.3 Å². The molecular formula is C10H12N2O5S. The van der Waals surface area contributed by atoms with Crippen LogP contribution in [-0.4, -0.2) is 28.8 Å². The van der Waals surface area contributed by atoms with E-state index in [9.17, 15) is 20.0 Å². The van der Waals surface area contributed by atoms with Gasteiger partial charge < -0.3 is 15.6 Å². The Hall–Kier alpha value is -1.80. The lowest BCUT2D eigenvalue weighted by atomic mass is 9.94. The summed E-state index contributed by atoms with van der Waals surface area (Å²) in [4.78, 5) is 21.0. The lowest BCUT2D eigenvalue weighted by Crippen LogP contribution is -2.40. The minimum atomic E-state index is -2.31. The molecular weight excluding hydrogens is 260 g/mol. The van der Waals surface area contributed by atoms with E-state index in [1.807, 2.05) is 0 Å². The molecule has 98 valence electrons. The lowest BCUT2D eigenvalue weighted by Gasteiger charge is -2.21. The van der Waals surface area contributed by atoms with Crippen molar-refractivity contribution in [3.63, 3.8) is 0 Å². The molecule has 0 amide bonds. The Balaban J connectivity index is 3.26. The summed E-state index contributed by atoms with van der Waals surface area (Å²) in [6, 6.07) is 3.98. The van der Waals surface area contributed by atoms with E-state index >= 15 is 0 Å². The number of rotatable bonds is 5. The van der Waals surface area contributed by atoms with Crippen LogP contribution in [0.3, 0.4) is 0 Å². The molecule has 0 aliphatic carbocycles. The summed E-state index contributed by atoms with van der Waals surface area (Å²) in [6.07, 6.45) is 0. The van der Waals surface area contributed by atoms with Gasteiger partial charge in [-0.2, -0.15) is 0 Å². The Labute approximate surface area is 108 Å². The minimum Gasteiger partial charge on any atom is -0.495 e. The SMILES string of the molecule is COc1ccc(C(O)(C[N+](=O)[O-])C(=O)S)cc1N. The molecule has 1 unspecified atom stereocenters. The topological polar surface area (TPSA) is 116 Å². The lowest BCUT2D eigenvalue weighted by molar-refractivity contribution is -0.498. The quantitative estimate of drug-likeness (QED) is 0.305. The van der Waals surface area contributed by atoms with E-state index in [1.54, 1.807) is 0 Å². The normalized spacial score (nSPS) is 13.7. The van der Waals surface area contributed by atoms with Gasteiger partial charge in [-0.05, 0) is 12.1 Å². The van der Waals surface area contributed by atoms with Gasteiger partial charge in [0.1, 0.15) is 5.75 Å². The molecule has 18 heavy (non-hydrogen) atoms. The summed E-state index contributed by atoms with van der Waals surface area (Å²) in [5, 5.41) is 19.5. The van der Waals surface area contributed by atoms with E-state index in [0.717, 1.165) is 0 Å². The van der Waals surface area contributed by atoms with Crippen molar-refractivity contribution < 1.29 is 19.6 Å². The Kier molecular flexibility index (Phi) is 4.15. The monoisotopic (exact) mass is 272 g/mol. The third-order valence-electron chi connectivity index (χ3n) is 2.42. The third kappa shape index (κ3) is 2.71. The van der Waals surface area contributed by atoms with Crippen molar-refractivity contribution in [2.75, 3.05) is 19.4 Å². The second kappa shape index (κ2) is 5.23. The number of carbonyl (C=O) groups is 1. The molecule has 0 radical (unpaired) electrons. The maximum Gasteiger partial charge on any atom is 0.244 e. The standard InChI is InChI=1S/C10H12N2O5S/c1-17-8-3-2-6(4-7(8)11)10(14,9(13)18)5-12(15)16/h2-4,14H,5,11H2,1H3,(H,13,18). The molecule has 0 aromatic heterocycles. The van der Waals surface area contributed by atoms with Gasteiger partial charge >= 0.3 is 0 Å². The number of methoxy groups -OCH3 is 1. The number of thiol groups is 1. The fourth-order valence-electron chi connectivity index (χ4n) is 1.46. The second-order valence-corrected chi connectivity index (χ2v) is 4.02. The minimum absolute atomic E-state index is 0.00231. The number of nitrogens with two attached hydrogens (primary N) is 1. The molecule has 0 heterocycles. The van der Waals surface area contributed by atoms with Crippen LogP contribution in [0.1, 0.15) is 5.56 Å². The highest BCUT2D eigenvalue weighted by molar-refractivity contribution is 7.96. The number of aliphatic hydroxyl groups is 1. The zero-order valence-corrected chi connectivity index (χ0v) is 10.4. The van der Waals surface area contributed by atoms with E-state index in [2.05, 4.69) is 12.6 Å². The van der Waals surface area contributed by atoms with Gasteiger partial charge in [-0.15, -0.1) is 12.6 Å². The van der Waals surface area contributed by atoms with Crippen LogP contribution in [-0.2, 0) is 10.4 Å². The molecule has 3 N–H and O–H groups in total. The van der Waals surface area contributed by atoms with E-state index in [0.29, 0.717) is 5.75 Å². The number of hydrogen-bond donors (Lipinski definition) is 3. The predicted octanol–water partition coefficient (Wildman–Crippen LogP) is 0.198. The number of anilines is 1. The average Bonchev–Trinajstić information content (AvgIpc) is 2.27. The van der Waals surface area contributed by atoms with Gasteiger partial charge in [0.05, 0.1) is 12.8 Å². The van der Waals surface area contributed by atoms with Crippen LogP contribution in [0.5, 0.6) is 5.75 Å². The maximum atomic E-state index is 11.3. The molecule has 1 atom stereocenters. The molecule has 1 rings (SSSR count). The summed E-state index contributed by atoms with van der Waals surface area (Å²) in [5.74, 6) is 0.341. The molecule has 0 aliphatic rings. The highest BCUT2D eigenvalue weighted by atomic mass is 32.1. The number of nitro groups is 1. The number of benzene rings is 1. The summed E-state index contributed by atoms with van der Waals surface area (Å²) >= 11 is 3.48. The van der Waals surface area contributed by atoms with Crippen molar-refractivity contribution in [2.45, 2.75) is 5.60 Å². The van der Waals surface area contributed by atoms with Crippen molar-refractivity contribution in [2.24, 2.45) is 0 Å². The number of hydrogen-bond acceptors (Lipinski definition) is 6. The molecule has 7 nitrogen and oxygen atoms in total. The highest BCUT2D eigenvalue weighted by Crippen LogP contribution is 2.30. The summed E-state index contributed by atoms with van der Waals surface area (Å²) in [7, 11) is 1.40. The zero-order chi connectivity index (χ0) is 13.9. The zero-order valence-electron chi connectivity index (χ0n) is 9.49. The van der Waals surface area contributed by atoms with Gasteiger partial charge in [-0.1, -0.05) is 6.07 Å². The van der Waals surface area contributed by atoms with Gasteiger partial charge in [0.25, 0.3) is 0 Å². The van der Waals surface area contributed by atoms with Crippen LogP contribution < -0.4 is 10.5 Å². The molecule has 0 fully saturated rings. The first-order valence-corrected chi connectivity index (χ1v) is 5.27. The van der Waals surface area contributed by atoms with E-state index in [4.69, 9.17) is 10.5 Å². The fraction of sp³-hybridized carbons (Fsp3) is 0.300. The fourth-order valence-corrected chi connectivity index (χ4v) is 1.66. The van der Waals surface area contributed by atoms with E-state index in [-0.39, 0.29) is 11.3 Å². The highest BCUT2D eigenvalue weighted by Gasteiger charge is 2.41. The first kappa shape index (κ1) is 14.3. The van der Waals surface area contributed by atoms with Crippen LogP contribution in [0, 0.1) is 10.1 Å². The van der Waals surface area contributed by atoms with Crippen molar-refractivity contribution in [3.05, 3.63) is 33.9 Å². The molecule has 1 aromatic carbocycles. The molecule has 1 aromatic rings. The van der Waals surface area contributed by atoms with Crippen LogP contribution in [0.15, 0.2) is 18.2 Å². The number of nitrogens with zero attached hydrogens (tertiary/aromatic N) is 1. The Morgan fingerprint density at radius 1 is 1.67 bits per heavy atom. The summed E-state index contributed by atoms with van der Waals surface area (Å²) in [6.45, 7) is -0.985. The van der Waals surface area contributed by atoms with Crippen molar-refractivity contribution >= 4 is 23.4 Å². The smallest absolute Gasteiger partial charge is 0.244 e. The molecule has 8 heteroatoms. The van der Waals surface area contributed by atoms with Crippen molar-refractivity contribution in [1.82, 2.24) is 0 Å². The first-order chi connectivity index (χ1) is 8.31. The Morgan fingerprint density at radius 2 is 2.28 bits per heavy atom. The van der Waals surface area contributed by atoms with Crippen molar-refractivity contribution in [3.8, 4) is 5.75 Å². The Morgan fingerprint density at radius 3 is 2.67 bits per heavy atom.